The number of hydrogen-bond donors (Lipinski definition) is 1. The van der Waals surface area contributed by atoms with Crippen molar-refractivity contribution in [1.29, 1.82) is 0 Å². The normalized spacial score (nSPS) is 11.3. The number of benzene rings is 1. The molecule has 0 aliphatic heterocycles. The summed E-state index contributed by atoms with van der Waals surface area (Å²) >= 11 is 0. The van der Waals surface area contributed by atoms with Crippen LogP contribution >= 0.6 is 0 Å². The molecule has 1 aromatic rings. The molecule has 0 bridgehead atoms. The predicted molar refractivity (Wildman–Crippen MR) is 81.4 cm³/mol. The highest BCUT2D eigenvalue weighted by molar-refractivity contribution is 5.32. The molecule has 0 fully saturated rings. The van der Waals surface area contributed by atoms with Crippen molar-refractivity contribution in [3.63, 3.8) is 0 Å². The second-order valence-corrected chi connectivity index (χ2v) is 4.96. The van der Waals surface area contributed by atoms with E-state index in [0.717, 1.165) is 30.9 Å². The summed E-state index contributed by atoms with van der Waals surface area (Å²) in [6.07, 6.45) is 3.47. The van der Waals surface area contributed by atoms with Crippen LogP contribution in [0.15, 0.2) is 24.3 Å². The molecule has 0 amide bonds. The Balaban J connectivity index is 2.31. The minimum Gasteiger partial charge on any atom is -0.493 e. The Bertz CT molecular complexity index is 350. The van der Waals surface area contributed by atoms with Crippen molar-refractivity contribution in [2.45, 2.75) is 45.7 Å². The van der Waals surface area contributed by atoms with E-state index in [2.05, 4.69) is 25.8 Å². The Hall–Kier alpha value is -1.06. The van der Waals surface area contributed by atoms with Gasteiger partial charge < -0.3 is 15.4 Å². The molecule has 0 radical (unpaired) electrons. The van der Waals surface area contributed by atoms with Crippen molar-refractivity contribution in [3.8, 4) is 5.75 Å². The van der Waals surface area contributed by atoms with Gasteiger partial charge in [-0.05, 0) is 32.4 Å². The molecule has 0 heterocycles. The Kier molecular flexibility index (Phi) is 7.53. The van der Waals surface area contributed by atoms with Crippen LogP contribution in [0.1, 0.15) is 38.7 Å². The molecule has 0 spiro atoms. The lowest BCUT2D eigenvalue weighted by Crippen LogP contribution is -2.32. The topological polar surface area (TPSA) is 38.5 Å². The third-order valence-corrected chi connectivity index (χ3v) is 3.67. The SMILES string of the molecule is CCC(CC)N(C)CCCOc1ccccc1CN. The summed E-state index contributed by atoms with van der Waals surface area (Å²) in [4.78, 5) is 2.43. The Morgan fingerprint density at radius 1 is 1.21 bits per heavy atom. The molecule has 3 heteroatoms. The van der Waals surface area contributed by atoms with Crippen molar-refractivity contribution in [2.75, 3.05) is 20.2 Å². The molecule has 0 aromatic heterocycles. The Morgan fingerprint density at radius 2 is 1.89 bits per heavy atom. The van der Waals surface area contributed by atoms with Gasteiger partial charge in [-0.3, -0.25) is 0 Å². The molecule has 0 saturated carbocycles. The molecular formula is C16H28N2O. The van der Waals surface area contributed by atoms with Crippen LogP contribution in [0.5, 0.6) is 5.75 Å². The van der Waals surface area contributed by atoms with Crippen molar-refractivity contribution < 1.29 is 4.74 Å². The fraction of sp³-hybridized carbons (Fsp3) is 0.625. The van der Waals surface area contributed by atoms with Gasteiger partial charge in [0.25, 0.3) is 0 Å². The van der Waals surface area contributed by atoms with Crippen LogP contribution in [0.25, 0.3) is 0 Å². The lowest BCUT2D eigenvalue weighted by Gasteiger charge is -2.25. The second kappa shape index (κ2) is 8.94. The molecule has 0 atom stereocenters. The molecule has 0 aliphatic rings. The predicted octanol–water partition coefficient (Wildman–Crippen LogP) is 3.03. The summed E-state index contributed by atoms with van der Waals surface area (Å²) in [5.41, 5.74) is 6.77. The van der Waals surface area contributed by atoms with Crippen molar-refractivity contribution >= 4 is 0 Å². The van der Waals surface area contributed by atoms with E-state index in [1.807, 2.05) is 24.3 Å². The Labute approximate surface area is 117 Å². The smallest absolute Gasteiger partial charge is 0.123 e. The third-order valence-electron chi connectivity index (χ3n) is 3.67. The van der Waals surface area contributed by atoms with Crippen molar-refractivity contribution in [2.24, 2.45) is 5.73 Å². The zero-order valence-electron chi connectivity index (χ0n) is 12.6. The maximum Gasteiger partial charge on any atom is 0.123 e. The number of para-hydroxylation sites is 1. The summed E-state index contributed by atoms with van der Waals surface area (Å²) in [6.45, 7) is 6.86. The lowest BCUT2D eigenvalue weighted by molar-refractivity contribution is 0.205. The van der Waals surface area contributed by atoms with Crippen LogP contribution < -0.4 is 10.5 Å². The van der Waals surface area contributed by atoms with Crippen molar-refractivity contribution in [3.05, 3.63) is 29.8 Å². The molecule has 0 aliphatic carbocycles. The van der Waals surface area contributed by atoms with Crippen LogP contribution in [0, 0.1) is 0 Å². The monoisotopic (exact) mass is 264 g/mol. The lowest BCUT2D eigenvalue weighted by atomic mass is 10.1. The number of rotatable bonds is 9. The molecule has 3 nitrogen and oxygen atoms in total. The van der Waals surface area contributed by atoms with E-state index in [9.17, 15) is 0 Å². The molecule has 2 N–H and O–H groups in total. The largest absolute Gasteiger partial charge is 0.493 e. The van der Waals surface area contributed by atoms with Gasteiger partial charge in [-0.25, -0.2) is 0 Å². The van der Waals surface area contributed by atoms with E-state index in [-0.39, 0.29) is 0 Å². The first-order valence-electron chi connectivity index (χ1n) is 7.33. The minimum absolute atomic E-state index is 0.532. The fourth-order valence-electron chi connectivity index (χ4n) is 2.40. The molecule has 19 heavy (non-hydrogen) atoms. The van der Waals surface area contributed by atoms with Gasteiger partial charge in [-0.1, -0.05) is 32.0 Å². The van der Waals surface area contributed by atoms with Gasteiger partial charge >= 0.3 is 0 Å². The zero-order chi connectivity index (χ0) is 14.1. The van der Waals surface area contributed by atoms with Gasteiger partial charge in [0.05, 0.1) is 6.61 Å². The van der Waals surface area contributed by atoms with E-state index >= 15 is 0 Å². The standard InChI is InChI=1S/C16H28N2O/c1-4-15(5-2)18(3)11-8-12-19-16-10-7-6-9-14(16)13-17/h6-7,9-10,15H,4-5,8,11-13,17H2,1-3H3. The van der Waals surface area contributed by atoms with Gasteiger partial charge in [0.15, 0.2) is 0 Å². The average molecular weight is 264 g/mol. The van der Waals surface area contributed by atoms with Crippen LogP contribution in [0.2, 0.25) is 0 Å². The molecule has 0 saturated heterocycles. The summed E-state index contributed by atoms with van der Waals surface area (Å²) in [6, 6.07) is 8.69. The van der Waals surface area contributed by atoms with Gasteiger partial charge in [0.2, 0.25) is 0 Å². The Morgan fingerprint density at radius 3 is 2.53 bits per heavy atom. The van der Waals surface area contributed by atoms with E-state index < -0.39 is 0 Å². The van der Waals surface area contributed by atoms with Crippen LogP contribution in [-0.2, 0) is 6.54 Å². The van der Waals surface area contributed by atoms with E-state index in [1.165, 1.54) is 12.8 Å². The highest BCUT2D eigenvalue weighted by atomic mass is 16.5. The third kappa shape index (κ3) is 5.21. The first-order chi connectivity index (χ1) is 9.22. The first kappa shape index (κ1) is 16.0. The van der Waals surface area contributed by atoms with Gasteiger partial charge in [0, 0.05) is 24.7 Å². The number of nitrogens with zero attached hydrogens (tertiary/aromatic N) is 1. The summed E-state index contributed by atoms with van der Waals surface area (Å²) in [7, 11) is 2.20. The summed E-state index contributed by atoms with van der Waals surface area (Å²) in [5, 5.41) is 0. The molecular weight excluding hydrogens is 236 g/mol. The van der Waals surface area contributed by atoms with Gasteiger partial charge in [-0.15, -0.1) is 0 Å². The quantitative estimate of drug-likeness (QED) is 0.697. The van der Waals surface area contributed by atoms with E-state index in [4.69, 9.17) is 10.5 Å². The molecule has 108 valence electrons. The van der Waals surface area contributed by atoms with Crippen LogP contribution in [0.4, 0.5) is 0 Å². The summed E-state index contributed by atoms with van der Waals surface area (Å²) in [5.74, 6) is 0.926. The van der Waals surface area contributed by atoms with Gasteiger partial charge in [-0.2, -0.15) is 0 Å². The van der Waals surface area contributed by atoms with Crippen LogP contribution in [-0.4, -0.2) is 31.1 Å². The average Bonchev–Trinajstić information content (AvgIpc) is 2.45. The maximum atomic E-state index is 5.82. The first-order valence-corrected chi connectivity index (χ1v) is 7.33. The minimum atomic E-state index is 0.532. The number of nitrogens with two attached hydrogens (primary N) is 1. The zero-order valence-corrected chi connectivity index (χ0v) is 12.6. The van der Waals surface area contributed by atoms with E-state index in [1.54, 1.807) is 0 Å². The van der Waals surface area contributed by atoms with E-state index in [0.29, 0.717) is 12.6 Å². The maximum absolute atomic E-state index is 5.82. The number of hydrogen-bond acceptors (Lipinski definition) is 3. The highest BCUT2D eigenvalue weighted by Gasteiger charge is 2.09. The summed E-state index contributed by atoms with van der Waals surface area (Å²) < 4.78 is 5.82. The number of ether oxygens (including phenoxy) is 1. The fourth-order valence-corrected chi connectivity index (χ4v) is 2.40. The van der Waals surface area contributed by atoms with Crippen molar-refractivity contribution in [1.82, 2.24) is 4.90 Å². The highest BCUT2D eigenvalue weighted by Crippen LogP contribution is 2.17. The molecule has 1 rings (SSSR count). The molecule has 1 aromatic carbocycles. The molecule has 0 unspecified atom stereocenters. The van der Waals surface area contributed by atoms with Gasteiger partial charge in [0.1, 0.15) is 5.75 Å². The second-order valence-electron chi connectivity index (χ2n) is 4.96. The van der Waals surface area contributed by atoms with Crippen LogP contribution in [0.3, 0.4) is 0 Å².